The smallest absolute Gasteiger partial charge is 0.269 e. The fourth-order valence-corrected chi connectivity index (χ4v) is 4.46. The Morgan fingerprint density at radius 3 is 2.60 bits per heavy atom. The molecule has 0 fully saturated rings. The summed E-state index contributed by atoms with van der Waals surface area (Å²) in [6.07, 6.45) is 1.59. The van der Waals surface area contributed by atoms with E-state index in [2.05, 4.69) is 4.98 Å². The minimum atomic E-state index is -3.94. The maximum absolute atomic E-state index is 12.6. The zero-order valence-electron chi connectivity index (χ0n) is 13.2. The maximum atomic E-state index is 12.6. The molecule has 1 aliphatic heterocycles. The van der Waals surface area contributed by atoms with Crippen molar-refractivity contribution >= 4 is 21.6 Å². The van der Waals surface area contributed by atoms with Crippen LogP contribution in [0.15, 0.2) is 58.4 Å². The number of aryl methyl sites for hydroxylation is 1. The minimum Gasteiger partial charge on any atom is -0.269 e. The van der Waals surface area contributed by atoms with Gasteiger partial charge in [-0.2, -0.15) is 0 Å². The molecular weight excluding hydrogens is 342 g/mol. The molecule has 4 rings (SSSR count). The molecule has 126 valence electrons. The summed E-state index contributed by atoms with van der Waals surface area (Å²) in [5, 5.41) is 0. The van der Waals surface area contributed by atoms with Crippen molar-refractivity contribution in [1.82, 2.24) is 13.7 Å². The summed E-state index contributed by atoms with van der Waals surface area (Å²) in [6.45, 7) is 1.52. The number of rotatable bonds is 2. The van der Waals surface area contributed by atoms with Gasteiger partial charge in [0.2, 0.25) is 0 Å². The Morgan fingerprint density at radius 1 is 1.08 bits per heavy atom. The van der Waals surface area contributed by atoms with E-state index >= 15 is 0 Å². The van der Waals surface area contributed by atoms with Crippen LogP contribution in [0.2, 0.25) is 0 Å². The zero-order chi connectivity index (χ0) is 17.8. The van der Waals surface area contributed by atoms with Crippen LogP contribution >= 0.6 is 0 Å². The molecule has 8 heteroatoms. The van der Waals surface area contributed by atoms with Gasteiger partial charge in [-0.3, -0.25) is 14.0 Å². The first-order valence-electron chi connectivity index (χ1n) is 7.53. The van der Waals surface area contributed by atoms with Gasteiger partial charge in [0.1, 0.15) is 10.5 Å². The van der Waals surface area contributed by atoms with E-state index < -0.39 is 15.9 Å². The fraction of sp³-hybridized carbons (Fsp3) is 0.118. The highest BCUT2D eigenvalue weighted by molar-refractivity contribution is 7.90. The Kier molecular flexibility index (Phi) is 3.26. The third kappa shape index (κ3) is 2.25. The van der Waals surface area contributed by atoms with Crippen molar-refractivity contribution < 1.29 is 13.2 Å². The average Bonchev–Trinajstić information content (AvgIpc) is 2.77. The summed E-state index contributed by atoms with van der Waals surface area (Å²) >= 11 is 0. The predicted molar refractivity (Wildman–Crippen MR) is 89.7 cm³/mol. The van der Waals surface area contributed by atoms with Gasteiger partial charge in [0.05, 0.1) is 17.8 Å². The highest BCUT2D eigenvalue weighted by Crippen LogP contribution is 2.30. The number of carbonyl (C=O) groups excluding carboxylic acids is 1. The summed E-state index contributed by atoms with van der Waals surface area (Å²) in [6, 6.07) is 10.8. The van der Waals surface area contributed by atoms with Crippen molar-refractivity contribution in [2.75, 3.05) is 0 Å². The molecule has 2 aromatic heterocycles. The Labute approximate surface area is 143 Å². The summed E-state index contributed by atoms with van der Waals surface area (Å²) < 4.78 is 27.4. The van der Waals surface area contributed by atoms with Crippen LogP contribution < -0.4 is 5.56 Å². The molecule has 1 aromatic carbocycles. The number of benzene rings is 1. The standard InChI is InChI=1S/C17H13N3O4S/c1-11-5-4-8-19-15(21)9-12(18-16(11)19)10-20-17(22)13-6-2-3-7-14(13)25(20,23)24/h2-9H,10H2,1H3. The summed E-state index contributed by atoms with van der Waals surface area (Å²) in [5.74, 6) is -0.609. The monoisotopic (exact) mass is 355 g/mol. The summed E-state index contributed by atoms with van der Waals surface area (Å²) in [5.41, 5.74) is 1.25. The Hall–Kier alpha value is -3.00. The van der Waals surface area contributed by atoms with Crippen LogP contribution in [0.5, 0.6) is 0 Å². The number of fused-ring (bicyclic) bond motifs is 2. The molecule has 0 spiro atoms. The molecule has 0 saturated heterocycles. The number of hydrogen-bond donors (Lipinski definition) is 0. The Bertz CT molecular complexity index is 1200. The van der Waals surface area contributed by atoms with Gasteiger partial charge in [0.15, 0.2) is 0 Å². The molecule has 0 radical (unpaired) electrons. The molecule has 0 bridgehead atoms. The lowest BCUT2D eigenvalue weighted by atomic mass is 10.2. The number of nitrogens with zero attached hydrogens (tertiary/aromatic N) is 3. The van der Waals surface area contributed by atoms with Gasteiger partial charge >= 0.3 is 0 Å². The van der Waals surface area contributed by atoms with Gasteiger partial charge in [0.25, 0.3) is 21.5 Å². The quantitative estimate of drug-likeness (QED) is 0.692. The summed E-state index contributed by atoms with van der Waals surface area (Å²) in [7, 11) is -3.94. The van der Waals surface area contributed by atoms with Crippen LogP contribution in [0.25, 0.3) is 5.65 Å². The second-order valence-corrected chi connectivity index (χ2v) is 7.61. The van der Waals surface area contributed by atoms with Crippen LogP contribution in [0, 0.1) is 6.92 Å². The lowest BCUT2D eigenvalue weighted by Crippen LogP contribution is -2.30. The van der Waals surface area contributed by atoms with E-state index in [0.29, 0.717) is 5.65 Å². The topological polar surface area (TPSA) is 88.8 Å². The van der Waals surface area contributed by atoms with E-state index in [1.54, 1.807) is 37.4 Å². The zero-order valence-corrected chi connectivity index (χ0v) is 14.0. The van der Waals surface area contributed by atoms with Crippen LogP contribution in [0.4, 0.5) is 0 Å². The molecule has 1 amide bonds. The van der Waals surface area contributed by atoms with E-state index in [0.717, 1.165) is 9.87 Å². The normalized spacial score (nSPS) is 15.6. The maximum Gasteiger partial charge on any atom is 0.269 e. The van der Waals surface area contributed by atoms with Crippen LogP contribution in [0.1, 0.15) is 21.6 Å². The third-order valence-electron chi connectivity index (χ3n) is 4.16. The lowest BCUT2D eigenvalue weighted by Gasteiger charge is -2.15. The molecule has 0 saturated carbocycles. The van der Waals surface area contributed by atoms with Crippen molar-refractivity contribution in [2.45, 2.75) is 18.4 Å². The largest absolute Gasteiger partial charge is 0.269 e. The van der Waals surface area contributed by atoms with Gasteiger partial charge < -0.3 is 0 Å². The number of carbonyl (C=O) groups is 1. The van der Waals surface area contributed by atoms with Crippen molar-refractivity contribution in [3.05, 3.63) is 75.8 Å². The SMILES string of the molecule is Cc1cccn2c(=O)cc(CN3C(=O)c4ccccc4S3(=O)=O)nc12. The Balaban J connectivity index is 1.82. The average molecular weight is 355 g/mol. The fourth-order valence-electron chi connectivity index (χ4n) is 2.92. The molecule has 0 aliphatic carbocycles. The van der Waals surface area contributed by atoms with Crippen LogP contribution in [-0.4, -0.2) is 28.0 Å². The molecule has 3 heterocycles. The summed E-state index contributed by atoms with van der Waals surface area (Å²) in [4.78, 5) is 29.1. The van der Waals surface area contributed by atoms with Crippen molar-refractivity contribution in [3.63, 3.8) is 0 Å². The molecule has 7 nitrogen and oxygen atoms in total. The molecule has 0 atom stereocenters. The van der Waals surface area contributed by atoms with Crippen LogP contribution in [0.3, 0.4) is 0 Å². The van der Waals surface area contributed by atoms with Crippen molar-refractivity contribution in [2.24, 2.45) is 0 Å². The van der Waals surface area contributed by atoms with Gasteiger partial charge in [-0.05, 0) is 30.7 Å². The van der Waals surface area contributed by atoms with E-state index in [1.807, 2.05) is 0 Å². The van der Waals surface area contributed by atoms with Crippen molar-refractivity contribution in [1.29, 1.82) is 0 Å². The van der Waals surface area contributed by atoms with E-state index in [4.69, 9.17) is 0 Å². The molecule has 0 unspecified atom stereocenters. The lowest BCUT2D eigenvalue weighted by molar-refractivity contribution is 0.0864. The van der Waals surface area contributed by atoms with Gasteiger partial charge in [-0.25, -0.2) is 17.7 Å². The Morgan fingerprint density at radius 2 is 1.84 bits per heavy atom. The van der Waals surface area contributed by atoms with E-state index in [-0.39, 0.29) is 28.3 Å². The molecule has 1 aliphatic rings. The second-order valence-electron chi connectivity index (χ2n) is 5.78. The highest BCUT2D eigenvalue weighted by Gasteiger charge is 2.41. The van der Waals surface area contributed by atoms with E-state index in [9.17, 15) is 18.0 Å². The molecular formula is C17H13N3O4S. The molecule has 25 heavy (non-hydrogen) atoms. The third-order valence-corrected chi connectivity index (χ3v) is 5.94. The second kappa shape index (κ2) is 5.25. The highest BCUT2D eigenvalue weighted by atomic mass is 32.2. The number of sulfonamides is 1. The first kappa shape index (κ1) is 15.5. The molecule has 3 aromatic rings. The van der Waals surface area contributed by atoms with Crippen LogP contribution in [-0.2, 0) is 16.6 Å². The number of hydrogen-bond acceptors (Lipinski definition) is 5. The first-order chi connectivity index (χ1) is 11.9. The predicted octanol–water partition coefficient (Wildman–Crippen LogP) is 1.35. The first-order valence-corrected chi connectivity index (χ1v) is 8.97. The van der Waals surface area contributed by atoms with Gasteiger partial charge in [-0.1, -0.05) is 18.2 Å². The van der Waals surface area contributed by atoms with Crippen molar-refractivity contribution in [3.8, 4) is 0 Å². The number of pyridine rings is 1. The minimum absolute atomic E-state index is 0.0197. The number of amides is 1. The van der Waals surface area contributed by atoms with E-state index in [1.165, 1.54) is 22.6 Å². The van der Waals surface area contributed by atoms with Gasteiger partial charge in [0, 0.05) is 12.3 Å². The van der Waals surface area contributed by atoms with Gasteiger partial charge in [-0.15, -0.1) is 0 Å². The number of aromatic nitrogens is 2. The molecule has 0 N–H and O–H groups in total.